The molecule has 1 aliphatic heterocycles. The summed E-state index contributed by atoms with van der Waals surface area (Å²) in [6.45, 7) is 7.64. The van der Waals surface area contributed by atoms with E-state index in [1.165, 1.54) is 17.7 Å². The van der Waals surface area contributed by atoms with Crippen molar-refractivity contribution < 1.29 is 9.18 Å². The Labute approximate surface area is 196 Å². The summed E-state index contributed by atoms with van der Waals surface area (Å²) in [5, 5.41) is 3.13. The number of nitrogens with zero attached hydrogens (tertiary/aromatic N) is 3. The van der Waals surface area contributed by atoms with E-state index in [2.05, 4.69) is 44.3 Å². The van der Waals surface area contributed by atoms with E-state index in [-0.39, 0.29) is 23.6 Å². The summed E-state index contributed by atoms with van der Waals surface area (Å²) in [7, 11) is 4.05. The number of carbonyl (C=O) groups excluding carboxylic acids is 1. The molecule has 32 heavy (non-hydrogen) atoms. The van der Waals surface area contributed by atoms with Gasteiger partial charge in [-0.2, -0.15) is 0 Å². The van der Waals surface area contributed by atoms with Crippen LogP contribution >= 0.6 is 11.6 Å². The zero-order chi connectivity index (χ0) is 23.3. The number of halogens is 2. The normalized spacial score (nSPS) is 16.0. The second-order valence-electron chi connectivity index (χ2n) is 9.23. The minimum Gasteiger partial charge on any atom is -0.378 e. The molecule has 1 saturated heterocycles. The molecule has 0 aromatic heterocycles. The Bertz CT molecular complexity index is 878. The number of hydrogen-bond donors (Lipinski definition) is 1. The van der Waals surface area contributed by atoms with Gasteiger partial charge in [0.1, 0.15) is 5.82 Å². The van der Waals surface area contributed by atoms with E-state index in [4.69, 9.17) is 11.6 Å². The molecule has 1 aliphatic rings. The highest BCUT2D eigenvalue weighted by atomic mass is 35.5. The first-order chi connectivity index (χ1) is 15.2. The summed E-state index contributed by atoms with van der Waals surface area (Å²) in [5.41, 5.74) is 2.74. The second-order valence-corrected chi connectivity index (χ2v) is 9.50. The fraction of sp³-hybridized carbons (Fsp3) is 0.480. The highest BCUT2D eigenvalue weighted by Gasteiger charge is 2.30. The number of amides is 1. The molecule has 1 atom stereocenters. The zero-order valence-electron chi connectivity index (χ0n) is 19.4. The minimum atomic E-state index is -0.609. The van der Waals surface area contributed by atoms with Gasteiger partial charge in [-0.1, -0.05) is 12.1 Å². The van der Waals surface area contributed by atoms with E-state index in [0.29, 0.717) is 6.54 Å². The van der Waals surface area contributed by atoms with Crippen LogP contribution in [0.2, 0.25) is 0 Å². The van der Waals surface area contributed by atoms with E-state index in [1.807, 2.05) is 40.1 Å². The van der Waals surface area contributed by atoms with Gasteiger partial charge in [0.25, 0.3) is 0 Å². The molecule has 3 rings (SSSR count). The Balaban J connectivity index is 1.73. The third-order valence-electron chi connectivity index (χ3n) is 6.15. The van der Waals surface area contributed by atoms with Crippen LogP contribution in [0.3, 0.4) is 0 Å². The first kappa shape index (κ1) is 24.3. The maximum Gasteiger partial charge on any atom is 0.226 e. The number of hydrogen-bond acceptors (Lipinski definition) is 4. The SMILES string of the molecule is CN(C)c1ccc(C(CNC(=O)C(C)(C)CCl)N2CCN(c3ccc(F)cc3)CC2)cc1. The van der Waals surface area contributed by atoms with Crippen LogP contribution in [0.5, 0.6) is 0 Å². The molecule has 1 N–H and O–H groups in total. The van der Waals surface area contributed by atoms with Crippen molar-refractivity contribution in [1.29, 1.82) is 0 Å². The van der Waals surface area contributed by atoms with Crippen molar-refractivity contribution in [2.45, 2.75) is 19.9 Å². The quantitative estimate of drug-likeness (QED) is 0.601. The van der Waals surface area contributed by atoms with Crippen molar-refractivity contribution in [2.75, 3.05) is 62.5 Å². The molecule has 2 aromatic rings. The molecule has 2 aromatic carbocycles. The summed E-state index contributed by atoms with van der Waals surface area (Å²) in [6.07, 6.45) is 0. The predicted molar refractivity (Wildman–Crippen MR) is 131 cm³/mol. The lowest BCUT2D eigenvalue weighted by Crippen LogP contribution is -2.50. The van der Waals surface area contributed by atoms with Crippen LogP contribution in [0.1, 0.15) is 25.5 Å². The number of piperazine rings is 1. The van der Waals surface area contributed by atoms with E-state index in [1.54, 1.807) is 0 Å². The van der Waals surface area contributed by atoms with Gasteiger partial charge in [-0.3, -0.25) is 9.69 Å². The maximum absolute atomic E-state index is 13.3. The Morgan fingerprint density at radius 2 is 1.66 bits per heavy atom. The third-order valence-corrected chi connectivity index (χ3v) is 6.81. The summed E-state index contributed by atoms with van der Waals surface area (Å²) in [6, 6.07) is 15.3. The standard InChI is InChI=1S/C25H34ClFN4O/c1-25(2,18-26)24(32)28-17-23(19-5-9-21(10-6-19)29(3)4)31-15-13-30(14-16-31)22-11-7-20(27)8-12-22/h5-12,23H,13-18H2,1-4H3,(H,28,32). The van der Waals surface area contributed by atoms with Gasteiger partial charge in [0.05, 0.1) is 11.5 Å². The van der Waals surface area contributed by atoms with E-state index in [9.17, 15) is 9.18 Å². The Morgan fingerprint density at radius 3 is 2.19 bits per heavy atom. The number of rotatable bonds is 8. The van der Waals surface area contributed by atoms with Gasteiger partial charge in [-0.25, -0.2) is 4.39 Å². The lowest BCUT2D eigenvalue weighted by Gasteiger charge is -2.41. The van der Waals surface area contributed by atoms with Crippen LogP contribution in [0.25, 0.3) is 0 Å². The van der Waals surface area contributed by atoms with Crippen molar-refractivity contribution in [3.8, 4) is 0 Å². The van der Waals surface area contributed by atoms with Crippen molar-refractivity contribution >= 4 is 28.9 Å². The second kappa shape index (κ2) is 10.5. The van der Waals surface area contributed by atoms with Crippen molar-refractivity contribution in [3.05, 3.63) is 59.9 Å². The first-order valence-electron chi connectivity index (χ1n) is 11.1. The largest absolute Gasteiger partial charge is 0.378 e. The summed E-state index contributed by atoms with van der Waals surface area (Å²) < 4.78 is 13.3. The van der Waals surface area contributed by atoms with Crippen LogP contribution in [0, 0.1) is 11.2 Å². The summed E-state index contributed by atoms with van der Waals surface area (Å²) >= 11 is 6.00. The minimum absolute atomic E-state index is 0.0349. The molecule has 0 radical (unpaired) electrons. The van der Waals surface area contributed by atoms with Gasteiger partial charge in [-0.05, 0) is 55.8 Å². The molecule has 1 heterocycles. The van der Waals surface area contributed by atoms with Gasteiger partial charge in [0, 0.05) is 64.1 Å². The average Bonchev–Trinajstić information content (AvgIpc) is 2.80. The van der Waals surface area contributed by atoms with Crippen molar-refractivity contribution in [1.82, 2.24) is 10.2 Å². The van der Waals surface area contributed by atoms with Crippen LogP contribution < -0.4 is 15.1 Å². The van der Waals surface area contributed by atoms with E-state index in [0.717, 1.165) is 37.6 Å². The smallest absolute Gasteiger partial charge is 0.226 e. The molecule has 1 unspecified atom stereocenters. The lowest BCUT2D eigenvalue weighted by atomic mass is 9.94. The molecule has 0 aliphatic carbocycles. The van der Waals surface area contributed by atoms with Crippen molar-refractivity contribution in [3.63, 3.8) is 0 Å². The van der Waals surface area contributed by atoms with Crippen LogP contribution in [-0.4, -0.2) is 63.5 Å². The summed E-state index contributed by atoms with van der Waals surface area (Å²) in [5.74, 6) is 0.0220. The average molecular weight is 461 g/mol. The van der Waals surface area contributed by atoms with Gasteiger partial charge in [-0.15, -0.1) is 11.6 Å². The lowest BCUT2D eigenvalue weighted by molar-refractivity contribution is -0.128. The zero-order valence-corrected chi connectivity index (χ0v) is 20.2. The maximum atomic E-state index is 13.3. The van der Waals surface area contributed by atoms with Crippen molar-refractivity contribution in [2.24, 2.45) is 5.41 Å². The van der Waals surface area contributed by atoms with Gasteiger partial charge >= 0.3 is 0 Å². The number of benzene rings is 2. The van der Waals surface area contributed by atoms with E-state index < -0.39 is 5.41 Å². The Kier molecular flexibility index (Phi) is 8.01. The van der Waals surface area contributed by atoms with Gasteiger partial charge in [0.15, 0.2) is 0 Å². The molecule has 1 amide bonds. The molecule has 0 spiro atoms. The van der Waals surface area contributed by atoms with E-state index >= 15 is 0 Å². The molecular weight excluding hydrogens is 427 g/mol. The molecule has 0 saturated carbocycles. The molecule has 174 valence electrons. The number of anilines is 2. The number of alkyl halides is 1. The number of nitrogens with one attached hydrogen (secondary N) is 1. The fourth-order valence-electron chi connectivity index (χ4n) is 3.89. The van der Waals surface area contributed by atoms with Crippen LogP contribution in [0.4, 0.5) is 15.8 Å². The van der Waals surface area contributed by atoms with Gasteiger partial charge in [0.2, 0.25) is 5.91 Å². The van der Waals surface area contributed by atoms with Crippen LogP contribution in [-0.2, 0) is 4.79 Å². The Morgan fingerprint density at radius 1 is 1.06 bits per heavy atom. The third kappa shape index (κ3) is 5.93. The number of carbonyl (C=O) groups is 1. The first-order valence-corrected chi connectivity index (χ1v) is 11.6. The predicted octanol–water partition coefficient (Wildman–Crippen LogP) is 4.14. The molecular formula is C25H34ClFN4O. The highest BCUT2D eigenvalue weighted by Crippen LogP contribution is 2.26. The Hall–Kier alpha value is -2.31. The topological polar surface area (TPSA) is 38.8 Å². The van der Waals surface area contributed by atoms with Crippen LogP contribution in [0.15, 0.2) is 48.5 Å². The molecule has 7 heteroatoms. The monoisotopic (exact) mass is 460 g/mol. The molecule has 0 bridgehead atoms. The molecule has 5 nitrogen and oxygen atoms in total. The molecule has 1 fully saturated rings. The van der Waals surface area contributed by atoms with Gasteiger partial charge < -0.3 is 15.1 Å². The highest BCUT2D eigenvalue weighted by molar-refractivity contribution is 6.19. The fourth-order valence-corrected chi connectivity index (χ4v) is 4.01. The summed E-state index contributed by atoms with van der Waals surface area (Å²) in [4.78, 5) is 19.4.